The van der Waals surface area contributed by atoms with E-state index in [9.17, 15) is 0 Å². The molecular weight excluding hydrogens is 318 g/mol. The van der Waals surface area contributed by atoms with Gasteiger partial charge in [0.15, 0.2) is 0 Å². The standard InChI is InChI=1S/C19H25N3O3/c1-14-11-20-19(21-12-14)25-16-6-8-22(9-7-16)13-15-4-5-17(23-2)10-18(15)24-3/h4-5,10-12,16H,6-9,13H2,1-3H3. The Bertz CT molecular complexity index is 683. The fourth-order valence-electron chi connectivity index (χ4n) is 3.00. The van der Waals surface area contributed by atoms with Gasteiger partial charge in [-0.15, -0.1) is 0 Å². The summed E-state index contributed by atoms with van der Waals surface area (Å²) in [7, 11) is 3.36. The first kappa shape index (κ1) is 17.5. The highest BCUT2D eigenvalue weighted by molar-refractivity contribution is 5.40. The van der Waals surface area contributed by atoms with Crippen molar-refractivity contribution in [1.82, 2.24) is 14.9 Å². The normalized spacial score (nSPS) is 15.8. The molecule has 0 saturated carbocycles. The predicted octanol–water partition coefficient (Wildman–Crippen LogP) is 2.85. The van der Waals surface area contributed by atoms with Crippen LogP contribution < -0.4 is 14.2 Å². The molecule has 0 unspecified atom stereocenters. The number of ether oxygens (including phenoxy) is 3. The first-order valence-electron chi connectivity index (χ1n) is 8.56. The summed E-state index contributed by atoms with van der Waals surface area (Å²) in [4.78, 5) is 10.9. The van der Waals surface area contributed by atoms with Crippen LogP contribution >= 0.6 is 0 Å². The van der Waals surface area contributed by atoms with Gasteiger partial charge in [0.25, 0.3) is 0 Å². The van der Waals surface area contributed by atoms with Gasteiger partial charge < -0.3 is 14.2 Å². The van der Waals surface area contributed by atoms with Gasteiger partial charge in [-0.2, -0.15) is 0 Å². The van der Waals surface area contributed by atoms with Crippen molar-refractivity contribution in [1.29, 1.82) is 0 Å². The van der Waals surface area contributed by atoms with Crippen molar-refractivity contribution in [3.63, 3.8) is 0 Å². The van der Waals surface area contributed by atoms with Crippen molar-refractivity contribution in [2.45, 2.75) is 32.4 Å². The summed E-state index contributed by atoms with van der Waals surface area (Å²) in [5, 5.41) is 0. The quantitative estimate of drug-likeness (QED) is 0.804. The molecule has 6 nitrogen and oxygen atoms in total. The lowest BCUT2D eigenvalue weighted by Crippen LogP contribution is -2.38. The van der Waals surface area contributed by atoms with Gasteiger partial charge in [0.1, 0.15) is 17.6 Å². The van der Waals surface area contributed by atoms with Gasteiger partial charge in [0.05, 0.1) is 14.2 Å². The highest BCUT2D eigenvalue weighted by Gasteiger charge is 2.22. The van der Waals surface area contributed by atoms with Gasteiger partial charge in [-0.05, 0) is 31.4 Å². The molecule has 3 rings (SSSR count). The molecule has 0 bridgehead atoms. The Morgan fingerprint density at radius 2 is 1.80 bits per heavy atom. The number of aryl methyl sites for hydroxylation is 1. The zero-order chi connectivity index (χ0) is 17.6. The minimum Gasteiger partial charge on any atom is -0.497 e. The molecule has 1 saturated heterocycles. The van der Waals surface area contributed by atoms with Crippen LogP contribution in [0.3, 0.4) is 0 Å². The molecule has 1 aliphatic rings. The summed E-state index contributed by atoms with van der Waals surface area (Å²) in [6.07, 6.45) is 5.68. The minimum absolute atomic E-state index is 0.178. The number of aromatic nitrogens is 2. The number of piperidine rings is 1. The summed E-state index contributed by atoms with van der Waals surface area (Å²) in [5.41, 5.74) is 2.21. The van der Waals surface area contributed by atoms with Gasteiger partial charge in [0, 0.05) is 43.7 Å². The molecule has 0 N–H and O–H groups in total. The predicted molar refractivity (Wildman–Crippen MR) is 95.2 cm³/mol. The van der Waals surface area contributed by atoms with Crippen molar-refractivity contribution < 1.29 is 14.2 Å². The van der Waals surface area contributed by atoms with Crippen LogP contribution in [0, 0.1) is 6.92 Å². The summed E-state index contributed by atoms with van der Waals surface area (Å²) in [6.45, 7) is 4.79. The number of hydrogen-bond donors (Lipinski definition) is 0. The minimum atomic E-state index is 0.178. The zero-order valence-electron chi connectivity index (χ0n) is 15.1. The van der Waals surface area contributed by atoms with E-state index in [-0.39, 0.29) is 6.10 Å². The Morgan fingerprint density at radius 3 is 2.44 bits per heavy atom. The lowest BCUT2D eigenvalue weighted by molar-refractivity contribution is 0.0888. The largest absolute Gasteiger partial charge is 0.497 e. The van der Waals surface area contributed by atoms with Crippen LogP contribution in [-0.4, -0.2) is 48.3 Å². The fraction of sp³-hybridized carbons (Fsp3) is 0.474. The van der Waals surface area contributed by atoms with Crippen molar-refractivity contribution in [3.05, 3.63) is 41.7 Å². The molecular formula is C19H25N3O3. The van der Waals surface area contributed by atoms with E-state index in [4.69, 9.17) is 14.2 Å². The first-order valence-corrected chi connectivity index (χ1v) is 8.56. The van der Waals surface area contributed by atoms with E-state index < -0.39 is 0 Å². The van der Waals surface area contributed by atoms with E-state index in [1.165, 1.54) is 5.56 Å². The number of methoxy groups -OCH3 is 2. The Hall–Kier alpha value is -2.34. The summed E-state index contributed by atoms with van der Waals surface area (Å²) >= 11 is 0. The Morgan fingerprint density at radius 1 is 1.08 bits per heavy atom. The van der Waals surface area contributed by atoms with Crippen LogP contribution in [0.25, 0.3) is 0 Å². The van der Waals surface area contributed by atoms with E-state index in [0.29, 0.717) is 6.01 Å². The second-order valence-electron chi connectivity index (χ2n) is 6.31. The molecule has 1 fully saturated rings. The van der Waals surface area contributed by atoms with Crippen molar-refractivity contribution in [2.75, 3.05) is 27.3 Å². The SMILES string of the molecule is COc1ccc(CN2CCC(Oc3ncc(C)cn3)CC2)c(OC)c1. The van der Waals surface area contributed by atoms with E-state index in [1.54, 1.807) is 26.6 Å². The van der Waals surface area contributed by atoms with Gasteiger partial charge >= 0.3 is 6.01 Å². The molecule has 2 heterocycles. The second-order valence-corrected chi connectivity index (χ2v) is 6.31. The molecule has 1 aromatic carbocycles. The molecule has 0 atom stereocenters. The number of hydrogen-bond acceptors (Lipinski definition) is 6. The molecule has 134 valence electrons. The van der Waals surface area contributed by atoms with Crippen LogP contribution in [0.2, 0.25) is 0 Å². The third kappa shape index (κ3) is 4.60. The summed E-state index contributed by atoms with van der Waals surface area (Å²) in [6, 6.07) is 6.45. The molecule has 1 aliphatic heterocycles. The van der Waals surface area contributed by atoms with Crippen molar-refractivity contribution >= 4 is 0 Å². The van der Waals surface area contributed by atoms with E-state index in [2.05, 4.69) is 20.9 Å². The van der Waals surface area contributed by atoms with Gasteiger partial charge in [-0.1, -0.05) is 6.07 Å². The zero-order valence-corrected chi connectivity index (χ0v) is 15.1. The number of likely N-dealkylation sites (tertiary alicyclic amines) is 1. The highest BCUT2D eigenvalue weighted by Crippen LogP contribution is 2.27. The number of benzene rings is 1. The number of nitrogens with zero attached hydrogens (tertiary/aromatic N) is 3. The third-order valence-corrected chi connectivity index (χ3v) is 4.45. The molecule has 6 heteroatoms. The van der Waals surface area contributed by atoms with Crippen LogP contribution in [-0.2, 0) is 6.54 Å². The molecule has 25 heavy (non-hydrogen) atoms. The molecule has 2 aromatic rings. The average Bonchev–Trinajstić information content (AvgIpc) is 2.65. The number of rotatable bonds is 6. The molecule has 1 aromatic heterocycles. The monoisotopic (exact) mass is 343 g/mol. The van der Waals surface area contributed by atoms with Crippen LogP contribution in [0.15, 0.2) is 30.6 Å². The maximum Gasteiger partial charge on any atom is 0.316 e. The van der Waals surface area contributed by atoms with Crippen LogP contribution in [0.5, 0.6) is 17.5 Å². The topological polar surface area (TPSA) is 56.7 Å². The third-order valence-electron chi connectivity index (χ3n) is 4.45. The van der Waals surface area contributed by atoms with Gasteiger partial charge in [-0.25, -0.2) is 9.97 Å². The van der Waals surface area contributed by atoms with Crippen LogP contribution in [0.1, 0.15) is 24.0 Å². The Balaban J connectivity index is 1.53. The molecule has 0 aliphatic carbocycles. The summed E-state index contributed by atoms with van der Waals surface area (Å²) in [5.74, 6) is 1.68. The first-order chi connectivity index (χ1) is 12.2. The van der Waals surface area contributed by atoms with E-state index >= 15 is 0 Å². The van der Waals surface area contributed by atoms with Crippen LogP contribution in [0.4, 0.5) is 0 Å². The molecule has 0 amide bonds. The Kier molecular flexibility index (Phi) is 5.71. The maximum absolute atomic E-state index is 5.89. The van der Waals surface area contributed by atoms with Crippen molar-refractivity contribution in [2.24, 2.45) is 0 Å². The van der Waals surface area contributed by atoms with E-state index in [1.807, 2.05) is 19.1 Å². The fourth-order valence-corrected chi connectivity index (χ4v) is 3.00. The van der Waals surface area contributed by atoms with E-state index in [0.717, 1.165) is 49.5 Å². The van der Waals surface area contributed by atoms with Gasteiger partial charge in [0.2, 0.25) is 0 Å². The van der Waals surface area contributed by atoms with Crippen molar-refractivity contribution in [3.8, 4) is 17.5 Å². The smallest absolute Gasteiger partial charge is 0.316 e. The average molecular weight is 343 g/mol. The maximum atomic E-state index is 5.89. The molecule has 0 radical (unpaired) electrons. The lowest BCUT2D eigenvalue weighted by Gasteiger charge is -2.31. The Labute approximate surface area is 148 Å². The second kappa shape index (κ2) is 8.16. The highest BCUT2D eigenvalue weighted by atomic mass is 16.5. The van der Waals surface area contributed by atoms with Gasteiger partial charge in [-0.3, -0.25) is 4.90 Å². The summed E-state index contributed by atoms with van der Waals surface area (Å²) < 4.78 is 16.6. The molecule has 0 spiro atoms. The lowest BCUT2D eigenvalue weighted by atomic mass is 10.1.